The van der Waals surface area contributed by atoms with Crippen molar-refractivity contribution in [1.29, 1.82) is 0 Å². The highest BCUT2D eigenvalue weighted by atomic mass is 79.9. The molecule has 94 valence electrons. The molecule has 2 rings (SSSR count). The Morgan fingerprint density at radius 2 is 2.06 bits per heavy atom. The molecule has 1 aromatic heterocycles. The minimum atomic E-state index is -0.933. The first-order chi connectivity index (χ1) is 8.56. The van der Waals surface area contributed by atoms with E-state index in [1.165, 1.54) is 0 Å². The molecular formula is C12H9Br2NO2S. The highest BCUT2D eigenvalue weighted by Gasteiger charge is 2.10. The Bertz CT molecular complexity index is 583. The molecule has 0 aliphatic carbocycles. The van der Waals surface area contributed by atoms with Crippen LogP contribution in [0.4, 0.5) is 5.69 Å². The van der Waals surface area contributed by atoms with Gasteiger partial charge < -0.3 is 10.4 Å². The van der Waals surface area contributed by atoms with E-state index in [9.17, 15) is 4.79 Å². The minimum Gasteiger partial charge on any atom is -0.478 e. The van der Waals surface area contributed by atoms with Crippen molar-refractivity contribution in [3.8, 4) is 0 Å². The number of halogens is 2. The monoisotopic (exact) mass is 389 g/mol. The van der Waals surface area contributed by atoms with Gasteiger partial charge in [-0.2, -0.15) is 0 Å². The van der Waals surface area contributed by atoms with Gasteiger partial charge in [-0.3, -0.25) is 0 Å². The fourth-order valence-corrected chi connectivity index (χ4v) is 3.26. The summed E-state index contributed by atoms with van der Waals surface area (Å²) >= 11 is 8.36. The number of benzene rings is 1. The first kappa shape index (κ1) is 13.6. The van der Waals surface area contributed by atoms with E-state index in [0.29, 0.717) is 12.2 Å². The van der Waals surface area contributed by atoms with Crippen LogP contribution in [-0.4, -0.2) is 11.1 Å². The minimum absolute atomic E-state index is 0.272. The molecule has 0 unspecified atom stereocenters. The van der Waals surface area contributed by atoms with Crippen molar-refractivity contribution in [2.75, 3.05) is 5.32 Å². The lowest BCUT2D eigenvalue weighted by Gasteiger charge is -2.09. The molecule has 2 aromatic rings. The zero-order valence-electron chi connectivity index (χ0n) is 9.11. The lowest BCUT2D eigenvalue weighted by Crippen LogP contribution is -2.05. The van der Waals surface area contributed by atoms with Gasteiger partial charge in [-0.1, -0.05) is 15.9 Å². The van der Waals surface area contributed by atoms with Gasteiger partial charge in [0.15, 0.2) is 0 Å². The molecule has 0 spiro atoms. The zero-order valence-corrected chi connectivity index (χ0v) is 13.1. The number of carbonyl (C=O) groups is 1. The summed E-state index contributed by atoms with van der Waals surface area (Å²) in [7, 11) is 0. The molecule has 0 aliphatic rings. The summed E-state index contributed by atoms with van der Waals surface area (Å²) in [6.07, 6.45) is 0. The van der Waals surface area contributed by atoms with Crippen LogP contribution in [0.3, 0.4) is 0 Å². The van der Waals surface area contributed by atoms with E-state index in [4.69, 9.17) is 5.11 Å². The van der Waals surface area contributed by atoms with E-state index in [1.807, 2.05) is 12.1 Å². The standard InChI is InChI=1S/C12H9Br2NO2S/c13-7-1-3-9(12(16)17)10(5-7)15-6-8-2-4-11(14)18-8/h1-5,15H,6H2,(H,16,17). The van der Waals surface area contributed by atoms with Crippen molar-refractivity contribution >= 4 is 54.9 Å². The largest absolute Gasteiger partial charge is 0.478 e. The first-order valence-electron chi connectivity index (χ1n) is 5.07. The van der Waals surface area contributed by atoms with Crippen LogP contribution in [0, 0.1) is 0 Å². The van der Waals surface area contributed by atoms with Crippen LogP contribution in [0.5, 0.6) is 0 Å². The summed E-state index contributed by atoms with van der Waals surface area (Å²) in [5.74, 6) is -0.933. The number of anilines is 1. The van der Waals surface area contributed by atoms with Gasteiger partial charge in [0.25, 0.3) is 0 Å². The third-order valence-corrected chi connectivity index (χ3v) is 4.41. The van der Waals surface area contributed by atoms with E-state index in [1.54, 1.807) is 29.5 Å². The molecule has 0 saturated heterocycles. The van der Waals surface area contributed by atoms with Crippen LogP contribution < -0.4 is 5.32 Å². The van der Waals surface area contributed by atoms with Crippen molar-refractivity contribution in [3.63, 3.8) is 0 Å². The second kappa shape index (κ2) is 5.86. The number of aromatic carboxylic acids is 1. The van der Waals surface area contributed by atoms with Crippen molar-refractivity contribution in [3.05, 3.63) is 49.0 Å². The molecule has 6 heteroatoms. The number of carboxylic acid groups (broad SMARTS) is 1. The average Bonchev–Trinajstić information content (AvgIpc) is 2.72. The normalized spacial score (nSPS) is 10.3. The number of thiophene rings is 1. The summed E-state index contributed by atoms with van der Waals surface area (Å²) in [6.45, 7) is 0.604. The molecule has 0 amide bonds. The van der Waals surface area contributed by atoms with E-state index in [0.717, 1.165) is 13.1 Å². The summed E-state index contributed by atoms with van der Waals surface area (Å²) in [5, 5.41) is 12.2. The van der Waals surface area contributed by atoms with Gasteiger partial charge in [-0.15, -0.1) is 11.3 Å². The molecule has 1 aromatic carbocycles. The van der Waals surface area contributed by atoms with Gasteiger partial charge in [-0.25, -0.2) is 4.79 Å². The third kappa shape index (κ3) is 3.34. The number of hydrogen-bond donors (Lipinski definition) is 2. The van der Waals surface area contributed by atoms with Gasteiger partial charge in [0, 0.05) is 15.9 Å². The third-order valence-electron chi connectivity index (χ3n) is 2.29. The Balaban J connectivity index is 2.17. The van der Waals surface area contributed by atoms with Crippen molar-refractivity contribution in [2.45, 2.75) is 6.54 Å². The lowest BCUT2D eigenvalue weighted by atomic mass is 10.2. The Morgan fingerprint density at radius 1 is 1.28 bits per heavy atom. The topological polar surface area (TPSA) is 49.3 Å². The Kier molecular flexibility index (Phi) is 4.42. The lowest BCUT2D eigenvalue weighted by molar-refractivity contribution is 0.0698. The predicted octanol–water partition coefficient (Wildman–Crippen LogP) is 4.58. The predicted molar refractivity (Wildman–Crippen MR) is 80.4 cm³/mol. The molecule has 0 radical (unpaired) electrons. The maximum atomic E-state index is 11.1. The Morgan fingerprint density at radius 3 is 2.67 bits per heavy atom. The second-order valence-electron chi connectivity index (χ2n) is 3.55. The van der Waals surface area contributed by atoms with Crippen molar-refractivity contribution < 1.29 is 9.90 Å². The molecule has 0 saturated carbocycles. The number of rotatable bonds is 4. The molecule has 18 heavy (non-hydrogen) atoms. The summed E-state index contributed by atoms with van der Waals surface area (Å²) in [6, 6.07) is 9.04. The molecule has 0 bridgehead atoms. The van der Waals surface area contributed by atoms with Crippen LogP contribution in [0.15, 0.2) is 38.6 Å². The van der Waals surface area contributed by atoms with Crippen molar-refractivity contribution in [2.24, 2.45) is 0 Å². The maximum absolute atomic E-state index is 11.1. The van der Waals surface area contributed by atoms with E-state index in [2.05, 4.69) is 37.2 Å². The fourth-order valence-electron chi connectivity index (χ4n) is 1.48. The van der Waals surface area contributed by atoms with Crippen LogP contribution in [-0.2, 0) is 6.54 Å². The summed E-state index contributed by atoms with van der Waals surface area (Å²) < 4.78 is 1.91. The van der Waals surface area contributed by atoms with Gasteiger partial charge >= 0.3 is 5.97 Å². The van der Waals surface area contributed by atoms with Crippen LogP contribution in [0.1, 0.15) is 15.2 Å². The molecule has 0 aliphatic heterocycles. The Hall–Kier alpha value is -0.850. The summed E-state index contributed by atoms with van der Waals surface area (Å²) in [4.78, 5) is 12.2. The SMILES string of the molecule is O=C(O)c1ccc(Br)cc1NCc1ccc(Br)s1. The van der Waals surface area contributed by atoms with E-state index >= 15 is 0 Å². The van der Waals surface area contributed by atoms with Gasteiger partial charge in [0.1, 0.15) is 0 Å². The molecule has 0 fully saturated rings. The number of hydrogen-bond acceptors (Lipinski definition) is 3. The molecule has 1 heterocycles. The summed E-state index contributed by atoms with van der Waals surface area (Å²) in [5.41, 5.74) is 0.884. The van der Waals surface area contributed by atoms with Gasteiger partial charge in [-0.05, 0) is 46.3 Å². The quantitative estimate of drug-likeness (QED) is 0.802. The highest BCUT2D eigenvalue weighted by molar-refractivity contribution is 9.11. The van der Waals surface area contributed by atoms with Gasteiger partial charge in [0.05, 0.1) is 15.0 Å². The average molecular weight is 391 g/mol. The zero-order chi connectivity index (χ0) is 13.1. The van der Waals surface area contributed by atoms with Crippen LogP contribution >= 0.6 is 43.2 Å². The molecule has 0 atom stereocenters. The maximum Gasteiger partial charge on any atom is 0.337 e. The van der Waals surface area contributed by atoms with Gasteiger partial charge in [0.2, 0.25) is 0 Å². The van der Waals surface area contributed by atoms with Crippen molar-refractivity contribution in [1.82, 2.24) is 0 Å². The van der Waals surface area contributed by atoms with Crippen LogP contribution in [0.2, 0.25) is 0 Å². The number of nitrogens with one attached hydrogen (secondary N) is 1. The smallest absolute Gasteiger partial charge is 0.337 e. The highest BCUT2D eigenvalue weighted by Crippen LogP contribution is 2.25. The van der Waals surface area contributed by atoms with E-state index < -0.39 is 5.97 Å². The first-order valence-corrected chi connectivity index (χ1v) is 7.47. The van der Waals surface area contributed by atoms with Crippen LogP contribution in [0.25, 0.3) is 0 Å². The number of carboxylic acids is 1. The molecule has 3 nitrogen and oxygen atoms in total. The Labute approximate surface area is 125 Å². The molecular weight excluding hydrogens is 382 g/mol. The fraction of sp³-hybridized carbons (Fsp3) is 0.0833. The molecule has 2 N–H and O–H groups in total. The van der Waals surface area contributed by atoms with E-state index in [-0.39, 0.29) is 5.56 Å². The second-order valence-corrected chi connectivity index (χ2v) is 7.02.